The Kier molecular flexibility index (Phi) is 6.84. The third-order valence-electron chi connectivity index (χ3n) is 2.98. The van der Waals surface area contributed by atoms with Crippen LogP contribution in [0.25, 0.3) is 0 Å². The fraction of sp³-hybridized carbons (Fsp3) is 0.500. The molecular weight excluding hydrogens is 313 g/mol. The molecule has 0 bridgehead atoms. The highest BCUT2D eigenvalue weighted by molar-refractivity contribution is 9.09. The molecule has 0 fully saturated rings. The van der Waals surface area contributed by atoms with Crippen molar-refractivity contribution >= 4 is 21.8 Å². The number of aromatic hydroxyl groups is 1. The number of nitrogens with one attached hydrogen (secondary N) is 1. The first kappa shape index (κ1) is 16.0. The Labute approximate surface area is 121 Å². The van der Waals surface area contributed by atoms with Gasteiger partial charge in [0.1, 0.15) is 17.1 Å². The Morgan fingerprint density at radius 2 is 2.21 bits per heavy atom. The third-order valence-corrected chi connectivity index (χ3v) is 3.44. The van der Waals surface area contributed by atoms with Gasteiger partial charge in [-0.1, -0.05) is 35.3 Å². The maximum atomic E-state index is 13.5. The van der Waals surface area contributed by atoms with Crippen LogP contribution in [0.15, 0.2) is 18.2 Å². The number of amides is 1. The van der Waals surface area contributed by atoms with Gasteiger partial charge in [-0.2, -0.15) is 0 Å². The second-order valence-corrected chi connectivity index (χ2v) is 5.27. The van der Waals surface area contributed by atoms with Crippen LogP contribution in [-0.2, 0) is 0 Å². The first-order valence-electron chi connectivity index (χ1n) is 6.41. The summed E-state index contributed by atoms with van der Waals surface area (Å²) in [6.07, 6.45) is 3.00. The zero-order valence-electron chi connectivity index (χ0n) is 11.0. The normalized spacial score (nSPS) is 12.2. The van der Waals surface area contributed by atoms with Crippen LogP contribution >= 0.6 is 15.9 Å². The molecule has 0 heterocycles. The Morgan fingerprint density at radius 3 is 2.79 bits per heavy atom. The highest BCUT2D eigenvalue weighted by Crippen LogP contribution is 2.20. The first-order valence-corrected chi connectivity index (χ1v) is 7.53. The summed E-state index contributed by atoms with van der Waals surface area (Å²) >= 11 is 3.38. The number of phenols is 1. The number of hydrogen-bond donors (Lipinski definition) is 2. The van der Waals surface area contributed by atoms with Crippen LogP contribution in [0, 0.1) is 11.7 Å². The van der Waals surface area contributed by atoms with Crippen LogP contribution in [0.2, 0.25) is 0 Å². The molecule has 1 aromatic carbocycles. The van der Waals surface area contributed by atoms with Gasteiger partial charge in [0, 0.05) is 11.9 Å². The molecule has 1 unspecified atom stereocenters. The van der Waals surface area contributed by atoms with E-state index in [4.69, 9.17) is 0 Å². The van der Waals surface area contributed by atoms with Gasteiger partial charge in [0.25, 0.3) is 5.91 Å². The first-order chi connectivity index (χ1) is 9.10. The van der Waals surface area contributed by atoms with Gasteiger partial charge in [-0.15, -0.1) is 0 Å². The van der Waals surface area contributed by atoms with Crippen molar-refractivity contribution in [3.8, 4) is 5.75 Å². The van der Waals surface area contributed by atoms with E-state index in [1.54, 1.807) is 0 Å². The summed E-state index contributed by atoms with van der Waals surface area (Å²) in [7, 11) is 0. The summed E-state index contributed by atoms with van der Waals surface area (Å²) in [6.45, 7) is 2.58. The quantitative estimate of drug-likeness (QED) is 0.751. The number of carbonyl (C=O) groups is 1. The van der Waals surface area contributed by atoms with Gasteiger partial charge >= 0.3 is 0 Å². The minimum absolute atomic E-state index is 0.281. The number of rotatable bonds is 7. The van der Waals surface area contributed by atoms with E-state index < -0.39 is 11.7 Å². The summed E-state index contributed by atoms with van der Waals surface area (Å²) in [4.78, 5) is 11.9. The van der Waals surface area contributed by atoms with Gasteiger partial charge < -0.3 is 10.4 Å². The van der Waals surface area contributed by atoms with Crippen LogP contribution in [0.1, 0.15) is 36.5 Å². The van der Waals surface area contributed by atoms with Gasteiger partial charge in [0.15, 0.2) is 0 Å². The molecule has 19 heavy (non-hydrogen) atoms. The standard InChI is InChI=1S/C14H19BrFNO2/c1-2-4-10(7-8-15)9-17-14(19)13-11(16)5-3-6-12(13)18/h3,5-6,10,18H,2,4,7-9H2,1H3,(H,17,19). The topological polar surface area (TPSA) is 49.3 Å². The number of alkyl halides is 1. The van der Waals surface area contributed by atoms with Crippen molar-refractivity contribution in [3.63, 3.8) is 0 Å². The van der Waals surface area contributed by atoms with Crippen molar-refractivity contribution in [3.05, 3.63) is 29.6 Å². The second-order valence-electron chi connectivity index (χ2n) is 4.48. The number of hydrogen-bond acceptors (Lipinski definition) is 2. The van der Waals surface area contributed by atoms with E-state index in [1.165, 1.54) is 12.1 Å². The molecule has 0 radical (unpaired) electrons. The SMILES string of the molecule is CCCC(CCBr)CNC(=O)c1c(O)cccc1F. The molecule has 1 aromatic rings. The van der Waals surface area contributed by atoms with Crippen molar-refractivity contribution in [1.29, 1.82) is 0 Å². The Hall–Kier alpha value is -1.10. The average molecular weight is 332 g/mol. The van der Waals surface area contributed by atoms with Crippen molar-refractivity contribution < 1.29 is 14.3 Å². The van der Waals surface area contributed by atoms with E-state index in [1.807, 2.05) is 0 Å². The molecule has 5 heteroatoms. The molecule has 2 N–H and O–H groups in total. The number of carbonyl (C=O) groups excluding carboxylic acids is 1. The maximum Gasteiger partial charge on any atom is 0.258 e. The lowest BCUT2D eigenvalue weighted by atomic mass is 10.0. The van der Waals surface area contributed by atoms with Gasteiger partial charge in [-0.25, -0.2) is 4.39 Å². The maximum absolute atomic E-state index is 13.5. The summed E-state index contributed by atoms with van der Waals surface area (Å²) in [6, 6.07) is 3.84. The van der Waals surface area contributed by atoms with E-state index in [9.17, 15) is 14.3 Å². The molecule has 0 spiro atoms. The van der Waals surface area contributed by atoms with Crippen molar-refractivity contribution in [2.24, 2.45) is 5.92 Å². The van der Waals surface area contributed by atoms with Crippen LogP contribution in [-0.4, -0.2) is 22.9 Å². The summed E-state index contributed by atoms with van der Waals surface area (Å²) < 4.78 is 13.5. The number of benzene rings is 1. The van der Waals surface area contributed by atoms with Crippen molar-refractivity contribution in [2.45, 2.75) is 26.2 Å². The minimum Gasteiger partial charge on any atom is -0.507 e. The van der Waals surface area contributed by atoms with Gasteiger partial charge in [0.2, 0.25) is 0 Å². The van der Waals surface area contributed by atoms with E-state index in [-0.39, 0.29) is 11.3 Å². The molecule has 0 saturated carbocycles. The lowest BCUT2D eigenvalue weighted by Gasteiger charge is -2.16. The lowest BCUT2D eigenvalue weighted by molar-refractivity contribution is 0.0939. The largest absolute Gasteiger partial charge is 0.507 e. The zero-order chi connectivity index (χ0) is 14.3. The molecule has 0 saturated heterocycles. The number of phenolic OH excluding ortho intramolecular Hbond substituents is 1. The molecule has 1 atom stereocenters. The Morgan fingerprint density at radius 1 is 1.47 bits per heavy atom. The van der Waals surface area contributed by atoms with Crippen LogP contribution in [0.5, 0.6) is 5.75 Å². The monoisotopic (exact) mass is 331 g/mol. The average Bonchev–Trinajstić information content (AvgIpc) is 2.36. The lowest BCUT2D eigenvalue weighted by Crippen LogP contribution is -2.30. The third kappa shape index (κ3) is 4.82. The molecular formula is C14H19BrFNO2. The molecule has 106 valence electrons. The number of halogens is 2. The van der Waals surface area contributed by atoms with E-state index in [2.05, 4.69) is 28.2 Å². The summed E-state index contributed by atoms with van der Waals surface area (Å²) in [5.74, 6) is -1.23. The predicted octanol–water partition coefficient (Wildman–Crippen LogP) is 3.46. The highest BCUT2D eigenvalue weighted by Gasteiger charge is 2.17. The van der Waals surface area contributed by atoms with E-state index in [0.29, 0.717) is 12.5 Å². The Balaban J connectivity index is 2.64. The Bertz CT molecular complexity index is 400. The highest BCUT2D eigenvalue weighted by atomic mass is 79.9. The van der Waals surface area contributed by atoms with Gasteiger partial charge in [0.05, 0.1) is 0 Å². The van der Waals surface area contributed by atoms with Crippen molar-refractivity contribution in [2.75, 3.05) is 11.9 Å². The minimum atomic E-state index is -0.704. The fourth-order valence-corrected chi connectivity index (χ4v) is 2.62. The van der Waals surface area contributed by atoms with Crippen LogP contribution in [0.4, 0.5) is 4.39 Å². The van der Waals surface area contributed by atoms with E-state index >= 15 is 0 Å². The zero-order valence-corrected chi connectivity index (χ0v) is 12.5. The van der Waals surface area contributed by atoms with Gasteiger partial charge in [-0.3, -0.25) is 4.79 Å². The summed E-state index contributed by atoms with van der Waals surface area (Å²) in [5, 5.41) is 13.1. The molecule has 1 amide bonds. The molecule has 0 aliphatic rings. The summed E-state index contributed by atoms with van der Waals surface area (Å²) in [5.41, 5.74) is -0.281. The smallest absolute Gasteiger partial charge is 0.258 e. The fourth-order valence-electron chi connectivity index (χ4n) is 1.97. The second kappa shape index (κ2) is 8.15. The molecule has 0 aromatic heterocycles. The van der Waals surface area contributed by atoms with Crippen LogP contribution < -0.4 is 5.32 Å². The molecule has 0 aliphatic heterocycles. The van der Waals surface area contributed by atoms with Gasteiger partial charge in [-0.05, 0) is 30.9 Å². The molecule has 0 aliphatic carbocycles. The molecule has 1 rings (SSSR count). The van der Waals surface area contributed by atoms with Crippen LogP contribution in [0.3, 0.4) is 0 Å². The predicted molar refractivity (Wildman–Crippen MR) is 77.2 cm³/mol. The molecule has 3 nitrogen and oxygen atoms in total. The van der Waals surface area contributed by atoms with Crippen molar-refractivity contribution in [1.82, 2.24) is 5.32 Å². The van der Waals surface area contributed by atoms with E-state index in [0.717, 1.165) is 30.7 Å².